The molecule has 0 aliphatic carbocycles. The summed E-state index contributed by atoms with van der Waals surface area (Å²) < 4.78 is 1.83. The smallest absolute Gasteiger partial charge is 0.161 e. The number of halogens is 2. The fraction of sp³-hybridized carbons (Fsp3) is 0.875. The minimum absolute atomic E-state index is 0.0628. The minimum Gasteiger partial charge on any atom is -0.177 e. The predicted octanol–water partition coefficient (Wildman–Crippen LogP) is 6.30. The normalized spacial score (nSPS) is 14.3. The van der Waals surface area contributed by atoms with Crippen molar-refractivity contribution in [3.05, 3.63) is 8.30 Å². The fourth-order valence-corrected chi connectivity index (χ4v) is 3.24. The third-order valence-electron chi connectivity index (χ3n) is 4.16. The summed E-state index contributed by atoms with van der Waals surface area (Å²) in [4.78, 5) is 1.97. The van der Waals surface area contributed by atoms with E-state index < -0.39 is 0 Å². The molecule has 0 spiro atoms. The van der Waals surface area contributed by atoms with Gasteiger partial charge in [-0.1, -0.05) is 65.2 Å². The molecule has 0 saturated heterocycles. The highest BCUT2D eigenvalue weighted by atomic mass is 127. The van der Waals surface area contributed by atoms with E-state index in [0.717, 1.165) is 8.30 Å². The lowest BCUT2D eigenvalue weighted by molar-refractivity contribution is 0.200. The predicted molar refractivity (Wildman–Crippen MR) is 102 cm³/mol. The average Bonchev–Trinajstić information content (AvgIpc) is 2.79. The van der Waals surface area contributed by atoms with E-state index in [0.29, 0.717) is 0 Å². The zero-order valence-electron chi connectivity index (χ0n) is 13.7. The van der Waals surface area contributed by atoms with Crippen LogP contribution in [0.5, 0.6) is 0 Å². The second kappa shape index (κ2) is 10.2. The van der Waals surface area contributed by atoms with Gasteiger partial charge in [0.1, 0.15) is 0 Å². The second-order valence-corrected chi connectivity index (χ2v) is 7.96. The lowest BCUT2D eigenvalue weighted by Crippen LogP contribution is -2.32. The average molecular weight is 470 g/mol. The van der Waals surface area contributed by atoms with Crippen molar-refractivity contribution in [1.82, 2.24) is 15.0 Å². The highest BCUT2D eigenvalue weighted by Gasteiger charge is 2.28. The van der Waals surface area contributed by atoms with Crippen LogP contribution in [0.3, 0.4) is 0 Å². The Labute approximate surface area is 151 Å². The van der Waals surface area contributed by atoms with Crippen LogP contribution in [0.25, 0.3) is 0 Å². The summed E-state index contributed by atoms with van der Waals surface area (Å²) in [7, 11) is 0. The van der Waals surface area contributed by atoms with Crippen molar-refractivity contribution in [3.63, 3.8) is 0 Å². The van der Waals surface area contributed by atoms with Gasteiger partial charge in [0.15, 0.2) is 8.30 Å². The highest BCUT2D eigenvalue weighted by molar-refractivity contribution is 14.1. The van der Waals surface area contributed by atoms with E-state index in [1.807, 2.05) is 4.80 Å². The molecule has 0 amide bonds. The van der Waals surface area contributed by atoms with Gasteiger partial charge < -0.3 is 0 Å². The van der Waals surface area contributed by atoms with Gasteiger partial charge >= 0.3 is 0 Å². The summed E-state index contributed by atoms with van der Waals surface area (Å²) in [6.45, 7) is 6.85. The van der Waals surface area contributed by atoms with E-state index in [2.05, 4.69) is 69.5 Å². The number of aromatic nitrogens is 3. The zero-order valence-corrected chi connectivity index (χ0v) is 17.4. The van der Waals surface area contributed by atoms with Gasteiger partial charge in [-0.05, 0) is 58.3 Å². The van der Waals surface area contributed by atoms with E-state index in [-0.39, 0.29) is 5.54 Å². The summed E-state index contributed by atoms with van der Waals surface area (Å²) in [6.07, 6.45) is 12.8. The Morgan fingerprint density at radius 3 is 2.00 bits per heavy atom. The van der Waals surface area contributed by atoms with Crippen LogP contribution in [0, 0.1) is 3.70 Å². The molecular weight excluding hydrogens is 441 g/mol. The molecule has 0 radical (unpaired) electrons. The molecule has 21 heavy (non-hydrogen) atoms. The number of hydrogen-bond acceptors (Lipinski definition) is 2. The van der Waals surface area contributed by atoms with Crippen molar-refractivity contribution >= 4 is 38.5 Å². The molecule has 1 aromatic rings. The SMILES string of the molecule is CCCCCCCC(C)(CCCCC)n1nc(Br)c(I)n1. The van der Waals surface area contributed by atoms with Crippen LogP contribution in [0.1, 0.15) is 85.0 Å². The Morgan fingerprint density at radius 1 is 0.952 bits per heavy atom. The summed E-state index contributed by atoms with van der Waals surface area (Å²) in [5, 5.41) is 9.21. The van der Waals surface area contributed by atoms with Crippen molar-refractivity contribution in [2.45, 2.75) is 90.5 Å². The number of rotatable bonds is 11. The first-order valence-corrected chi connectivity index (χ1v) is 10.2. The molecule has 1 rings (SSSR count). The molecule has 0 fully saturated rings. The molecule has 0 aliphatic heterocycles. The summed E-state index contributed by atoms with van der Waals surface area (Å²) in [5.74, 6) is 0. The molecule has 122 valence electrons. The maximum absolute atomic E-state index is 4.62. The van der Waals surface area contributed by atoms with E-state index in [1.165, 1.54) is 64.2 Å². The molecule has 1 unspecified atom stereocenters. The van der Waals surface area contributed by atoms with Crippen LogP contribution in [-0.4, -0.2) is 15.0 Å². The summed E-state index contributed by atoms with van der Waals surface area (Å²) >= 11 is 5.74. The van der Waals surface area contributed by atoms with Gasteiger partial charge in [0.05, 0.1) is 5.54 Å². The fourth-order valence-electron chi connectivity index (χ4n) is 2.70. The molecular formula is C16H29BrIN3. The molecule has 5 heteroatoms. The Bertz CT molecular complexity index is 389. The maximum atomic E-state index is 4.62. The molecule has 0 saturated carbocycles. The highest BCUT2D eigenvalue weighted by Crippen LogP contribution is 2.30. The lowest BCUT2D eigenvalue weighted by atomic mass is 9.89. The first-order valence-electron chi connectivity index (χ1n) is 8.32. The van der Waals surface area contributed by atoms with Gasteiger partial charge in [-0.15, -0.1) is 10.2 Å². The maximum Gasteiger partial charge on any atom is 0.161 e. The molecule has 1 atom stereocenters. The van der Waals surface area contributed by atoms with Crippen LogP contribution in [0.4, 0.5) is 0 Å². The summed E-state index contributed by atoms with van der Waals surface area (Å²) in [6, 6.07) is 0. The van der Waals surface area contributed by atoms with Gasteiger partial charge in [0.25, 0.3) is 0 Å². The molecule has 0 aromatic carbocycles. The van der Waals surface area contributed by atoms with Crippen LogP contribution in [-0.2, 0) is 5.54 Å². The van der Waals surface area contributed by atoms with Crippen molar-refractivity contribution in [2.75, 3.05) is 0 Å². The largest absolute Gasteiger partial charge is 0.177 e. The molecule has 1 aromatic heterocycles. The van der Waals surface area contributed by atoms with Gasteiger partial charge in [0.2, 0.25) is 0 Å². The zero-order chi connectivity index (χ0) is 15.7. The molecule has 0 bridgehead atoms. The first kappa shape index (κ1) is 19.4. The van der Waals surface area contributed by atoms with Crippen LogP contribution >= 0.6 is 38.5 Å². The Morgan fingerprint density at radius 2 is 1.48 bits per heavy atom. The van der Waals surface area contributed by atoms with Crippen LogP contribution in [0.2, 0.25) is 0 Å². The molecule has 1 heterocycles. The van der Waals surface area contributed by atoms with Crippen LogP contribution in [0.15, 0.2) is 4.60 Å². The third-order valence-corrected chi connectivity index (χ3v) is 6.16. The lowest BCUT2D eigenvalue weighted by Gasteiger charge is -2.29. The van der Waals surface area contributed by atoms with Gasteiger partial charge in [-0.25, -0.2) is 0 Å². The van der Waals surface area contributed by atoms with E-state index in [9.17, 15) is 0 Å². The van der Waals surface area contributed by atoms with Crippen molar-refractivity contribution in [2.24, 2.45) is 0 Å². The van der Waals surface area contributed by atoms with Gasteiger partial charge in [0, 0.05) is 0 Å². The Balaban J connectivity index is 2.65. The Kier molecular flexibility index (Phi) is 9.41. The molecule has 3 nitrogen and oxygen atoms in total. The van der Waals surface area contributed by atoms with Crippen molar-refractivity contribution in [1.29, 1.82) is 0 Å². The van der Waals surface area contributed by atoms with E-state index in [1.54, 1.807) is 0 Å². The van der Waals surface area contributed by atoms with Crippen LogP contribution < -0.4 is 0 Å². The number of unbranched alkanes of at least 4 members (excludes halogenated alkanes) is 6. The second-order valence-electron chi connectivity index (χ2n) is 6.19. The number of hydrogen-bond donors (Lipinski definition) is 0. The van der Waals surface area contributed by atoms with Crippen molar-refractivity contribution < 1.29 is 0 Å². The standard InChI is InChI=1S/C16H29BrIN3/c1-4-6-8-9-11-13-16(3,12-10-7-5-2)21-19-14(17)15(18)20-21/h4-13H2,1-3H3. The third kappa shape index (κ3) is 6.55. The molecule has 0 aliphatic rings. The quantitative estimate of drug-likeness (QED) is 0.281. The molecule has 0 N–H and O–H groups in total. The topological polar surface area (TPSA) is 30.7 Å². The Hall–Kier alpha value is 0.350. The summed E-state index contributed by atoms with van der Waals surface area (Å²) in [5.41, 5.74) is 0.0628. The van der Waals surface area contributed by atoms with E-state index >= 15 is 0 Å². The monoisotopic (exact) mass is 469 g/mol. The first-order chi connectivity index (χ1) is 10.0. The van der Waals surface area contributed by atoms with E-state index in [4.69, 9.17) is 0 Å². The number of nitrogens with zero attached hydrogens (tertiary/aromatic N) is 3. The van der Waals surface area contributed by atoms with Gasteiger partial charge in [-0.2, -0.15) is 4.80 Å². The van der Waals surface area contributed by atoms with Crippen molar-refractivity contribution in [3.8, 4) is 0 Å². The van der Waals surface area contributed by atoms with Gasteiger partial charge in [-0.3, -0.25) is 0 Å². The minimum atomic E-state index is 0.0628.